The van der Waals surface area contributed by atoms with Crippen molar-refractivity contribution in [3.05, 3.63) is 47.5 Å². The van der Waals surface area contributed by atoms with Crippen LogP contribution in [-0.4, -0.2) is 36.9 Å². The lowest BCUT2D eigenvalue weighted by Gasteiger charge is -2.28. The molecule has 0 aliphatic carbocycles. The van der Waals surface area contributed by atoms with Gasteiger partial charge in [0.2, 0.25) is 0 Å². The average molecular weight is 302 g/mol. The third kappa shape index (κ3) is 4.64. The molecule has 1 aromatic heterocycles. The first-order valence-electron chi connectivity index (χ1n) is 7.76. The molecule has 1 N–H and O–H groups in total. The molecule has 0 amide bonds. The van der Waals surface area contributed by atoms with Crippen LogP contribution in [0, 0.1) is 6.92 Å². The zero-order chi connectivity index (χ0) is 16.2. The first-order chi connectivity index (χ1) is 10.4. The van der Waals surface area contributed by atoms with E-state index >= 15 is 0 Å². The van der Waals surface area contributed by atoms with Gasteiger partial charge in [0, 0.05) is 19.6 Å². The van der Waals surface area contributed by atoms with Crippen molar-refractivity contribution in [2.24, 2.45) is 0 Å². The van der Waals surface area contributed by atoms with Crippen molar-refractivity contribution in [3.8, 4) is 0 Å². The van der Waals surface area contributed by atoms with E-state index in [1.807, 2.05) is 39.0 Å². The molecule has 1 aromatic carbocycles. The summed E-state index contributed by atoms with van der Waals surface area (Å²) < 4.78 is 2.11. The Kier molecular flexibility index (Phi) is 5.32. The first kappa shape index (κ1) is 16.6. The van der Waals surface area contributed by atoms with E-state index in [0.717, 1.165) is 24.7 Å². The van der Waals surface area contributed by atoms with Gasteiger partial charge < -0.3 is 9.67 Å². The van der Waals surface area contributed by atoms with Crippen molar-refractivity contribution in [2.75, 3.05) is 6.54 Å². The summed E-state index contributed by atoms with van der Waals surface area (Å²) in [4.78, 5) is 2.21. The number of aliphatic hydroxyl groups is 1. The van der Waals surface area contributed by atoms with Gasteiger partial charge in [-0.2, -0.15) is 0 Å². The Bertz CT molecular complexity index is 586. The molecule has 0 saturated heterocycles. The Morgan fingerprint density at radius 1 is 1.14 bits per heavy atom. The van der Waals surface area contributed by atoms with Crippen LogP contribution in [0.3, 0.4) is 0 Å². The summed E-state index contributed by atoms with van der Waals surface area (Å²) in [5.74, 6) is 1.88. The Hall–Kier alpha value is -1.72. The summed E-state index contributed by atoms with van der Waals surface area (Å²) in [6.07, 6.45) is 0. The Morgan fingerprint density at radius 3 is 2.41 bits per heavy atom. The lowest BCUT2D eigenvalue weighted by Crippen LogP contribution is -2.38. The SMILES string of the molecule is CCn1c(C)nnc1CN(Cc1ccccc1)CC(C)(C)O. The highest BCUT2D eigenvalue weighted by Crippen LogP contribution is 2.14. The van der Waals surface area contributed by atoms with Crippen molar-refractivity contribution in [1.29, 1.82) is 0 Å². The zero-order valence-electron chi connectivity index (χ0n) is 14.0. The van der Waals surface area contributed by atoms with E-state index in [1.165, 1.54) is 5.56 Å². The minimum atomic E-state index is -0.749. The smallest absolute Gasteiger partial charge is 0.147 e. The molecule has 0 saturated carbocycles. The molecule has 2 aromatic rings. The molecule has 120 valence electrons. The van der Waals surface area contributed by atoms with E-state index in [9.17, 15) is 5.11 Å². The second-order valence-electron chi connectivity index (χ2n) is 6.35. The minimum absolute atomic E-state index is 0.581. The predicted molar refractivity (Wildman–Crippen MR) is 87.3 cm³/mol. The van der Waals surface area contributed by atoms with Gasteiger partial charge in [0.1, 0.15) is 11.6 Å². The number of rotatable bonds is 7. The maximum Gasteiger partial charge on any atom is 0.147 e. The van der Waals surface area contributed by atoms with E-state index in [0.29, 0.717) is 13.1 Å². The fourth-order valence-corrected chi connectivity index (χ4v) is 2.71. The standard InChI is InChI=1S/C17H26N4O/c1-5-21-14(2)18-19-16(21)12-20(13-17(3,4)22)11-15-9-7-6-8-10-15/h6-10,22H,5,11-13H2,1-4H3. The number of aromatic nitrogens is 3. The lowest BCUT2D eigenvalue weighted by molar-refractivity contribution is 0.0294. The molecule has 0 aliphatic heterocycles. The summed E-state index contributed by atoms with van der Waals surface area (Å²) in [7, 11) is 0. The molecule has 0 radical (unpaired) electrons. The molecule has 0 aliphatic rings. The molecule has 0 fully saturated rings. The molecule has 2 rings (SSSR count). The third-order valence-corrected chi connectivity index (χ3v) is 3.55. The van der Waals surface area contributed by atoms with Gasteiger partial charge in [-0.1, -0.05) is 30.3 Å². The van der Waals surface area contributed by atoms with Gasteiger partial charge in [-0.3, -0.25) is 4.90 Å². The molecular formula is C17H26N4O. The normalized spacial score (nSPS) is 12.1. The van der Waals surface area contributed by atoms with Crippen molar-refractivity contribution in [2.45, 2.75) is 52.9 Å². The highest BCUT2D eigenvalue weighted by Gasteiger charge is 2.21. The van der Waals surface area contributed by atoms with Crippen molar-refractivity contribution < 1.29 is 5.11 Å². The van der Waals surface area contributed by atoms with Crippen LogP contribution in [0.25, 0.3) is 0 Å². The van der Waals surface area contributed by atoms with Crippen LogP contribution in [0.1, 0.15) is 38.0 Å². The minimum Gasteiger partial charge on any atom is -0.389 e. The van der Waals surface area contributed by atoms with Crippen LogP contribution in [0.4, 0.5) is 0 Å². The molecule has 0 unspecified atom stereocenters. The number of benzene rings is 1. The van der Waals surface area contributed by atoms with E-state index in [2.05, 4.69) is 38.7 Å². The fourth-order valence-electron chi connectivity index (χ4n) is 2.71. The monoisotopic (exact) mass is 302 g/mol. The summed E-state index contributed by atoms with van der Waals surface area (Å²) in [5, 5.41) is 18.6. The van der Waals surface area contributed by atoms with Crippen LogP contribution in [0.15, 0.2) is 30.3 Å². The quantitative estimate of drug-likeness (QED) is 0.853. The fraction of sp³-hybridized carbons (Fsp3) is 0.529. The maximum absolute atomic E-state index is 10.2. The summed E-state index contributed by atoms with van der Waals surface area (Å²) in [6.45, 7) is 10.6. The largest absolute Gasteiger partial charge is 0.389 e. The van der Waals surface area contributed by atoms with Crippen molar-refractivity contribution in [1.82, 2.24) is 19.7 Å². The maximum atomic E-state index is 10.2. The predicted octanol–water partition coefficient (Wildman–Crippen LogP) is 2.38. The highest BCUT2D eigenvalue weighted by molar-refractivity contribution is 5.14. The van der Waals surface area contributed by atoms with Crippen LogP contribution in [-0.2, 0) is 19.6 Å². The molecule has 22 heavy (non-hydrogen) atoms. The van der Waals surface area contributed by atoms with E-state index in [4.69, 9.17) is 0 Å². The van der Waals surface area contributed by atoms with Gasteiger partial charge in [-0.15, -0.1) is 10.2 Å². The van der Waals surface area contributed by atoms with E-state index in [-0.39, 0.29) is 0 Å². The van der Waals surface area contributed by atoms with Crippen LogP contribution in [0.5, 0.6) is 0 Å². The molecule has 5 nitrogen and oxygen atoms in total. The molecule has 0 spiro atoms. The third-order valence-electron chi connectivity index (χ3n) is 3.55. The van der Waals surface area contributed by atoms with Gasteiger partial charge in [0.15, 0.2) is 0 Å². The number of nitrogens with zero attached hydrogens (tertiary/aromatic N) is 4. The van der Waals surface area contributed by atoms with Gasteiger partial charge in [-0.25, -0.2) is 0 Å². The van der Waals surface area contributed by atoms with Crippen molar-refractivity contribution in [3.63, 3.8) is 0 Å². The molecule has 0 atom stereocenters. The van der Waals surface area contributed by atoms with Crippen LogP contribution in [0.2, 0.25) is 0 Å². The number of hydrogen-bond donors (Lipinski definition) is 1. The summed E-state index contributed by atoms with van der Waals surface area (Å²) >= 11 is 0. The zero-order valence-corrected chi connectivity index (χ0v) is 14.0. The summed E-state index contributed by atoms with van der Waals surface area (Å²) in [5.41, 5.74) is 0.479. The Labute approximate surface area is 132 Å². The molecule has 0 bridgehead atoms. The Balaban J connectivity index is 2.17. The second kappa shape index (κ2) is 7.03. The van der Waals surface area contributed by atoms with Crippen LogP contribution >= 0.6 is 0 Å². The number of hydrogen-bond acceptors (Lipinski definition) is 4. The van der Waals surface area contributed by atoms with Gasteiger partial charge >= 0.3 is 0 Å². The Morgan fingerprint density at radius 2 is 1.82 bits per heavy atom. The van der Waals surface area contributed by atoms with E-state index < -0.39 is 5.60 Å². The highest BCUT2D eigenvalue weighted by atomic mass is 16.3. The van der Waals surface area contributed by atoms with Gasteiger partial charge in [0.25, 0.3) is 0 Å². The summed E-state index contributed by atoms with van der Waals surface area (Å²) in [6, 6.07) is 10.3. The molecular weight excluding hydrogens is 276 g/mol. The second-order valence-corrected chi connectivity index (χ2v) is 6.35. The van der Waals surface area contributed by atoms with Crippen LogP contribution < -0.4 is 0 Å². The lowest BCUT2D eigenvalue weighted by atomic mass is 10.1. The first-order valence-corrected chi connectivity index (χ1v) is 7.76. The molecule has 1 heterocycles. The van der Waals surface area contributed by atoms with E-state index in [1.54, 1.807) is 0 Å². The topological polar surface area (TPSA) is 54.2 Å². The van der Waals surface area contributed by atoms with Crippen molar-refractivity contribution >= 4 is 0 Å². The van der Waals surface area contributed by atoms with Gasteiger partial charge in [0.05, 0.1) is 12.1 Å². The number of aryl methyl sites for hydroxylation is 1. The average Bonchev–Trinajstić information content (AvgIpc) is 2.78. The molecule has 5 heteroatoms. The van der Waals surface area contributed by atoms with Gasteiger partial charge in [-0.05, 0) is 33.3 Å².